The molecular formula is C16H19NO2S. The first-order valence-electron chi connectivity index (χ1n) is 6.67. The molecule has 4 heteroatoms. The average molecular weight is 289 g/mol. The summed E-state index contributed by atoms with van der Waals surface area (Å²) in [6, 6.07) is 13.5. The highest BCUT2D eigenvalue weighted by atomic mass is 32.1. The van der Waals surface area contributed by atoms with Crippen LogP contribution in [0.1, 0.15) is 24.8 Å². The average Bonchev–Trinajstić information content (AvgIpc) is 2.97. The molecule has 1 amide bonds. The van der Waals surface area contributed by atoms with Gasteiger partial charge in [-0.1, -0.05) is 38.1 Å². The lowest BCUT2D eigenvalue weighted by molar-refractivity contribution is -0.124. The van der Waals surface area contributed by atoms with Crippen molar-refractivity contribution in [3.05, 3.63) is 52.7 Å². The van der Waals surface area contributed by atoms with Crippen molar-refractivity contribution in [3.63, 3.8) is 0 Å². The molecule has 0 bridgehead atoms. The zero-order valence-electron chi connectivity index (χ0n) is 11.7. The first-order valence-corrected chi connectivity index (χ1v) is 7.55. The van der Waals surface area contributed by atoms with Crippen molar-refractivity contribution >= 4 is 17.2 Å². The Labute approximate surface area is 123 Å². The lowest BCUT2D eigenvalue weighted by atomic mass is 10.0. The summed E-state index contributed by atoms with van der Waals surface area (Å²) >= 11 is 1.66. The van der Waals surface area contributed by atoms with Crippen LogP contribution in [0.25, 0.3) is 0 Å². The Hall–Kier alpha value is -1.81. The van der Waals surface area contributed by atoms with Crippen LogP contribution in [0.3, 0.4) is 0 Å². The highest BCUT2D eigenvalue weighted by Gasteiger charge is 2.19. The number of ether oxygens (including phenoxy) is 1. The van der Waals surface area contributed by atoms with Gasteiger partial charge >= 0.3 is 0 Å². The molecule has 106 valence electrons. The highest BCUT2D eigenvalue weighted by Crippen LogP contribution is 2.25. The van der Waals surface area contributed by atoms with Crippen LogP contribution in [0.15, 0.2) is 47.8 Å². The standard InChI is InChI=1S/C16H19NO2S/c1-12(2)16(14-9-6-10-20-14)17-15(18)11-19-13-7-4-3-5-8-13/h3-10,12,16H,11H2,1-2H3,(H,17,18)/t16-/m1/s1. The van der Waals surface area contributed by atoms with Crippen molar-refractivity contribution in [2.75, 3.05) is 6.61 Å². The van der Waals surface area contributed by atoms with Crippen LogP contribution in [0.4, 0.5) is 0 Å². The quantitative estimate of drug-likeness (QED) is 0.881. The minimum Gasteiger partial charge on any atom is -0.484 e. The van der Waals surface area contributed by atoms with Crippen molar-refractivity contribution in [3.8, 4) is 5.75 Å². The molecule has 0 aliphatic rings. The third-order valence-corrected chi connectivity index (χ3v) is 3.90. The Morgan fingerprint density at radius 1 is 1.20 bits per heavy atom. The zero-order chi connectivity index (χ0) is 14.4. The molecule has 0 unspecified atom stereocenters. The summed E-state index contributed by atoms with van der Waals surface area (Å²) in [7, 11) is 0. The van der Waals surface area contributed by atoms with E-state index in [1.807, 2.05) is 47.8 Å². The largest absolute Gasteiger partial charge is 0.484 e. The van der Waals surface area contributed by atoms with Crippen LogP contribution in [0, 0.1) is 5.92 Å². The second-order valence-electron chi connectivity index (χ2n) is 4.91. The SMILES string of the molecule is CC(C)[C@@H](NC(=O)COc1ccccc1)c1cccs1. The summed E-state index contributed by atoms with van der Waals surface area (Å²) in [5, 5.41) is 5.06. The van der Waals surface area contributed by atoms with Crippen molar-refractivity contribution in [1.29, 1.82) is 0 Å². The molecule has 1 atom stereocenters. The molecule has 0 fully saturated rings. The van der Waals surface area contributed by atoms with E-state index in [-0.39, 0.29) is 18.6 Å². The topological polar surface area (TPSA) is 38.3 Å². The van der Waals surface area contributed by atoms with Gasteiger partial charge in [0, 0.05) is 4.88 Å². The minimum atomic E-state index is -0.0963. The van der Waals surface area contributed by atoms with Gasteiger partial charge in [-0.2, -0.15) is 0 Å². The monoisotopic (exact) mass is 289 g/mol. The Morgan fingerprint density at radius 2 is 1.95 bits per heavy atom. The van der Waals surface area contributed by atoms with E-state index in [0.717, 1.165) is 0 Å². The molecule has 3 nitrogen and oxygen atoms in total. The normalized spacial score (nSPS) is 12.2. The second-order valence-corrected chi connectivity index (χ2v) is 5.89. The molecule has 2 aromatic rings. The van der Waals surface area contributed by atoms with E-state index in [0.29, 0.717) is 11.7 Å². The Morgan fingerprint density at radius 3 is 2.55 bits per heavy atom. The fraction of sp³-hybridized carbons (Fsp3) is 0.312. The first-order chi connectivity index (χ1) is 9.66. The fourth-order valence-corrected chi connectivity index (χ4v) is 2.86. The molecule has 1 aromatic carbocycles. The van der Waals surface area contributed by atoms with Gasteiger partial charge in [-0.25, -0.2) is 0 Å². The molecule has 1 heterocycles. The molecule has 0 saturated carbocycles. The van der Waals surface area contributed by atoms with Crippen LogP contribution in [0.2, 0.25) is 0 Å². The van der Waals surface area contributed by atoms with Gasteiger partial charge in [-0.05, 0) is 29.5 Å². The summed E-state index contributed by atoms with van der Waals surface area (Å²) in [5.74, 6) is 0.954. The van der Waals surface area contributed by atoms with Crippen LogP contribution >= 0.6 is 11.3 Å². The third kappa shape index (κ3) is 4.10. The number of para-hydroxylation sites is 1. The molecule has 0 radical (unpaired) electrons. The van der Waals surface area contributed by atoms with Gasteiger partial charge in [0.1, 0.15) is 5.75 Å². The van der Waals surface area contributed by atoms with Gasteiger partial charge in [0.25, 0.3) is 5.91 Å². The third-order valence-electron chi connectivity index (χ3n) is 2.95. The van der Waals surface area contributed by atoms with Gasteiger partial charge in [-0.3, -0.25) is 4.79 Å². The van der Waals surface area contributed by atoms with Gasteiger partial charge in [0.2, 0.25) is 0 Å². The zero-order valence-corrected chi connectivity index (χ0v) is 12.5. The number of carbonyl (C=O) groups excluding carboxylic acids is 1. The van der Waals surface area contributed by atoms with Gasteiger partial charge < -0.3 is 10.1 Å². The minimum absolute atomic E-state index is 0.0403. The van der Waals surface area contributed by atoms with Crippen LogP contribution in [0.5, 0.6) is 5.75 Å². The summed E-state index contributed by atoms with van der Waals surface area (Å²) in [6.45, 7) is 4.24. The second kappa shape index (κ2) is 7.10. The van der Waals surface area contributed by atoms with E-state index in [2.05, 4.69) is 19.2 Å². The molecule has 0 aliphatic carbocycles. The van der Waals surface area contributed by atoms with Crippen LogP contribution in [-0.4, -0.2) is 12.5 Å². The van der Waals surface area contributed by atoms with E-state index in [9.17, 15) is 4.79 Å². The summed E-state index contributed by atoms with van der Waals surface area (Å²) in [5.41, 5.74) is 0. The predicted molar refractivity (Wildman–Crippen MR) is 82.0 cm³/mol. The summed E-state index contributed by atoms with van der Waals surface area (Å²) in [4.78, 5) is 13.2. The summed E-state index contributed by atoms with van der Waals surface area (Å²) < 4.78 is 5.46. The van der Waals surface area contributed by atoms with Crippen molar-refractivity contribution in [2.45, 2.75) is 19.9 Å². The number of rotatable bonds is 6. The molecule has 1 aromatic heterocycles. The Bertz CT molecular complexity index is 523. The number of hydrogen-bond acceptors (Lipinski definition) is 3. The maximum absolute atomic E-state index is 12.0. The van der Waals surface area contributed by atoms with Gasteiger partial charge in [-0.15, -0.1) is 11.3 Å². The van der Waals surface area contributed by atoms with Crippen LogP contribution in [-0.2, 0) is 4.79 Å². The highest BCUT2D eigenvalue weighted by molar-refractivity contribution is 7.10. The molecule has 1 N–H and O–H groups in total. The van der Waals surface area contributed by atoms with E-state index in [4.69, 9.17) is 4.74 Å². The molecule has 0 aliphatic heterocycles. The maximum Gasteiger partial charge on any atom is 0.258 e. The lowest BCUT2D eigenvalue weighted by Gasteiger charge is -2.21. The molecule has 0 saturated heterocycles. The predicted octanol–water partition coefficient (Wildman–Crippen LogP) is 3.64. The Balaban J connectivity index is 1.89. The number of nitrogens with one attached hydrogen (secondary N) is 1. The van der Waals surface area contributed by atoms with E-state index in [1.54, 1.807) is 11.3 Å². The summed E-state index contributed by atoms with van der Waals surface area (Å²) in [6.07, 6.45) is 0. The van der Waals surface area contributed by atoms with E-state index in [1.165, 1.54) is 4.88 Å². The molecule has 20 heavy (non-hydrogen) atoms. The number of thiophene rings is 1. The van der Waals surface area contributed by atoms with Gasteiger partial charge in [0.05, 0.1) is 6.04 Å². The van der Waals surface area contributed by atoms with Crippen molar-refractivity contribution in [2.24, 2.45) is 5.92 Å². The van der Waals surface area contributed by atoms with Crippen molar-refractivity contribution in [1.82, 2.24) is 5.32 Å². The van der Waals surface area contributed by atoms with E-state index < -0.39 is 0 Å². The fourth-order valence-electron chi connectivity index (χ4n) is 1.92. The number of benzene rings is 1. The van der Waals surface area contributed by atoms with Crippen LogP contribution < -0.4 is 10.1 Å². The molecule has 2 rings (SSSR count). The number of hydrogen-bond donors (Lipinski definition) is 1. The van der Waals surface area contributed by atoms with E-state index >= 15 is 0 Å². The molecule has 0 spiro atoms. The maximum atomic E-state index is 12.0. The Kier molecular flexibility index (Phi) is 5.18. The lowest BCUT2D eigenvalue weighted by Crippen LogP contribution is -2.34. The number of amides is 1. The first kappa shape index (κ1) is 14.6. The smallest absolute Gasteiger partial charge is 0.258 e. The number of carbonyl (C=O) groups is 1. The van der Waals surface area contributed by atoms with Gasteiger partial charge in [0.15, 0.2) is 6.61 Å². The van der Waals surface area contributed by atoms with Crippen molar-refractivity contribution < 1.29 is 9.53 Å². The molecular weight excluding hydrogens is 270 g/mol.